The third-order valence-electron chi connectivity index (χ3n) is 14.1. The maximum atomic E-state index is 14.9. The van der Waals surface area contributed by atoms with Crippen LogP contribution in [-0.2, 0) is 41.4 Å². The van der Waals surface area contributed by atoms with Crippen LogP contribution in [-0.4, -0.2) is 67.8 Å². The zero-order valence-corrected chi connectivity index (χ0v) is 43.4. The average Bonchev–Trinajstić information content (AvgIpc) is 4.09. The summed E-state index contributed by atoms with van der Waals surface area (Å²) in [6, 6.07) is 74.4. The fraction of sp³-hybridized carbons (Fsp3) is 0.154. The highest BCUT2D eigenvalue weighted by molar-refractivity contribution is 5.90. The minimum atomic E-state index is -1.40. The number of ether oxygens (including phenoxy) is 5. The van der Waals surface area contributed by atoms with Crippen LogP contribution in [0.4, 0.5) is 11.6 Å². The number of carbonyl (C=O) groups is 2. The maximum Gasteiger partial charge on any atom is 0.338 e. The van der Waals surface area contributed by atoms with Gasteiger partial charge in [0.15, 0.2) is 23.5 Å². The Kier molecular flexibility index (Phi) is 15.4. The van der Waals surface area contributed by atoms with E-state index in [1.54, 1.807) is 41.0 Å². The van der Waals surface area contributed by atoms with Crippen molar-refractivity contribution in [3.8, 4) is 5.88 Å². The lowest BCUT2D eigenvalue weighted by atomic mass is 9.79. The number of rotatable bonds is 20. The van der Waals surface area contributed by atoms with Crippen molar-refractivity contribution in [2.24, 2.45) is 0 Å². The number of fused-ring (bicyclic) bond motifs is 1. The van der Waals surface area contributed by atoms with Crippen molar-refractivity contribution in [3.05, 3.63) is 298 Å². The number of anilines is 1. The molecule has 1 aliphatic rings. The van der Waals surface area contributed by atoms with Gasteiger partial charge in [0.1, 0.15) is 23.4 Å². The summed E-state index contributed by atoms with van der Waals surface area (Å²) in [6.45, 7) is 1.27. The van der Waals surface area contributed by atoms with Crippen LogP contribution in [0, 0.1) is 10.1 Å². The van der Waals surface area contributed by atoms with Gasteiger partial charge >= 0.3 is 5.97 Å². The number of amides is 1. The summed E-state index contributed by atoms with van der Waals surface area (Å²) in [5, 5.41) is 14.1. The predicted octanol–water partition coefficient (Wildman–Crippen LogP) is 11.8. The first-order chi connectivity index (χ1) is 39.2. The van der Waals surface area contributed by atoms with E-state index >= 15 is 0 Å². The number of hydrogen-bond donors (Lipinski definition) is 1. The van der Waals surface area contributed by atoms with E-state index in [-0.39, 0.29) is 41.9 Å². The second kappa shape index (κ2) is 23.5. The molecule has 1 aliphatic heterocycles. The van der Waals surface area contributed by atoms with E-state index in [9.17, 15) is 19.7 Å². The Bertz CT molecular complexity index is 3500. The summed E-state index contributed by atoms with van der Waals surface area (Å²) in [5.74, 6) is -1.09. The Morgan fingerprint density at radius 2 is 1.07 bits per heavy atom. The van der Waals surface area contributed by atoms with Crippen molar-refractivity contribution in [2.45, 2.75) is 49.1 Å². The SMILES string of the molecule is CC(=O)Nc1nc(OCCc2ccc([N+](=O)[O-])cc2)c2ncn([C@@H]3O[C@H](COC(c4ccccc4)(c4ccccc4)c4ccccc4)[C@H](OC(=O)c4ccccc4)[C@H]3OC(c3ccccc3)(c3ccccc3)c3ccccc3)c2n1. The molecule has 11 rings (SSSR count). The molecule has 15 heteroatoms. The normalized spacial score (nSPS) is 16.2. The Morgan fingerprint density at radius 3 is 1.54 bits per heavy atom. The van der Waals surface area contributed by atoms with Gasteiger partial charge in [-0.25, -0.2) is 9.78 Å². The quantitative estimate of drug-likeness (QED) is 0.0331. The van der Waals surface area contributed by atoms with Crippen LogP contribution in [0.5, 0.6) is 5.88 Å². The molecule has 0 unspecified atom stereocenters. The predicted molar refractivity (Wildman–Crippen MR) is 301 cm³/mol. The molecule has 4 atom stereocenters. The molecule has 0 radical (unpaired) electrons. The van der Waals surface area contributed by atoms with Gasteiger partial charge in [-0.1, -0.05) is 212 Å². The van der Waals surface area contributed by atoms with Crippen molar-refractivity contribution < 1.29 is 38.2 Å². The van der Waals surface area contributed by atoms with Gasteiger partial charge in [0, 0.05) is 25.5 Å². The highest BCUT2D eigenvalue weighted by atomic mass is 16.7. The number of benzene rings is 8. The lowest BCUT2D eigenvalue weighted by Crippen LogP contribution is -2.46. The number of nitrogens with zero attached hydrogens (tertiary/aromatic N) is 5. The van der Waals surface area contributed by atoms with Crippen molar-refractivity contribution in [1.29, 1.82) is 0 Å². The molecule has 15 nitrogen and oxygen atoms in total. The maximum absolute atomic E-state index is 14.9. The number of esters is 1. The minimum Gasteiger partial charge on any atom is -0.476 e. The molecule has 8 aromatic carbocycles. The van der Waals surface area contributed by atoms with Gasteiger partial charge in [-0.3, -0.25) is 24.8 Å². The van der Waals surface area contributed by atoms with Crippen LogP contribution >= 0.6 is 0 Å². The highest BCUT2D eigenvalue weighted by Gasteiger charge is 2.55. The Balaban J connectivity index is 1.10. The van der Waals surface area contributed by atoms with Crippen LogP contribution in [0.2, 0.25) is 0 Å². The zero-order chi connectivity index (χ0) is 54.9. The van der Waals surface area contributed by atoms with Gasteiger partial charge in [-0.15, -0.1) is 0 Å². The number of nitro groups is 1. The summed E-state index contributed by atoms with van der Waals surface area (Å²) < 4.78 is 37.8. The number of carbonyl (C=O) groups excluding carboxylic acids is 2. The second-order valence-electron chi connectivity index (χ2n) is 19.1. The first-order valence-electron chi connectivity index (χ1n) is 26.2. The van der Waals surface area contributed by atoms with E-state index in [0.29, 0.717) is 12.0 Å². The number of nitro benzene ring substituents is 1. The largest absolute Gasteiger partial charge is 0.476 e. The summed E-state index contributed by atoms with van der Waals surface area (Å²) in [4.78, 5) is 52.9. The van der Waals surface area contributed by atoms with Gasteiger partial charge in [-0.2, -0.15) is 9.97 Å². The number of nitrogens with one attached hydrogen (secondary N) is 1. The van der Waals surface area contributed by atoms with Crippen LogP contribution in [0.15, 0.2) is 243 Å². The van der Waals surface area contributed by atoms with E-state index in [1.807, 2.05) is 188 Å². The molecule has 1 N–H and O–H groups in total. The standard InChI is InChI=1S/C65H54N6O9/c1-45(72)67-63-68-59-56(60(69-63)76-42-41-46-37-39-54(40-38-46)71(74)75)66-44-70(59)61-58(80-65(51-31-17-6-18-32-51,52-33-19-7-20-34-52)53-35-21-8-22-36-53)57(79-62(73)47-23-9-2-10-24-47)55(78-61)43-77-64(48-25-11-3-12-26-48,49-27-13-4-14-28-49)50-29-15-5-16-30-50/h2-40,44,55,57-58,61H,41-43H2,1H3,(H,67,68,69,72)/t55-,57+,58-,61-/m1/s1. The van der Waals surface area contributed by atoms with E-state index in [4.69, 9.17) is 33.7 Å². The molecule has 0 saturated carbocycles. The summed E-state index contributed by atoms with van der Waals surface area (Å²) in [5.41, 5.74) is 3.71. The Morgan fingerprint density at radius 1 is 0.613 bits per heavy atom. The van der Waals surface area contributed by atoms with Crippen LogP contribution < -0.4 is 10.1 Å². The molecule has 0 aliphatic carbocycles. The molecule has 1 amide bonds. The number of imidazole rings is 1. The smallest absolute Gasteiger partial charge is 0.338 e. The third-order valence-corrected chi connectivity index (χ3v) is 14.1. The highest BCUT2D eigenvalue weighted by Crippen LogP contribution is 2.48. The molecule has 398 valence electrons. The number of hydrogen-bond acceptors (Lipinski definition) is 12. The molecule has 10 aromatic rings. The molecule has 1 fully saturated rings. The molecular weight excluding hydrogens is 1010 g/mol. The first-order valence-corrected chi connectivity index (χ1v) is 26.2. The lowest BCUT2D eigenvalue weighted by molar-refractivity contribution is -0.384. The van der Waals surface area contributed by atoms with E-state index in [2.05, 4.69) is 10.3 Å². The van der Waals surface area contributed by atoms with Crippen LogP contribution in [0.3, 0.4) is 0 Å². The number of aromatic nitrogens is 4. The van der Waals surface area contributed by atoms with Crippen LogP contribution in [0.25, 0.3) is 11.2 Å². The van der Waals surface area contributed by atoms with E-state index in [1.165, 1.54) is 25.4 Å². The fourth-order valence-electron chi connectivity index (χ4n) is 10.4. The molecular formula is C65H54N6O9. The molecule has 0 spiro atoms. The van der Waals surface area contributed by atoms with Crippen molar-refractivity contribution in [1.82, 2.24) is 19.5 Å². The van der Waals surface area contributed by atoms with Crippen molar-refractivity contribution in [3.63, 3.8) is 0 Å². The Hall–Kier alpha value is -9.67. The van der Waals surface area contributed by atoms with Gasteiger partial charge < -0.3 is 23.7 Å². The van der Waals surface area contributed by atoms with Crippen LogP contribution in [0.1, 0.15) is 62.5 Å². The summed E-state index contributed by atoms with van der Waals surface area (Å²) in [6.07, 6.45) is -2.81. The molecule has 80 heavy (non-hydrogen) atoms. The minimum absolute atomic E-state index is 0.0311. The van der Waals surface area contributed by atoms with Gasteiger partial charge in [0.05, 0.1) is 30.0 Å². The fourth-order valence-corrected chi connectivity index (χ4v) is 10.4. The zero-order valence-electron chi connectivity index (χ0n) is 43.4. The van der Waals surface area contributed by atoms with Gasteiger partial charge in [0.25, 0.3) is 5.69 Å². The molecule has 1 saturated heterocycles. The van der Waals surface area contributed by atoms with E-state index in [0.717, 1.165) is 38.9 Å². The van der Waals surface area contributed by atoms with E-state index < -0.39 is 52.5 Å². The third kappa shape index (κ3) is 10.7. The second-order valence-corrected chi connectivity index (χ2v) is 19.1. The summed E-state index contributed by atoms with van der Waals surface area (Å²) >= 11 is 0. The monoisotopic (exact) mass is 1060 g/mol. The topological polar surface area (TPSA) is 179 Å². The van der Waals surface area contributed by atoms with Gasteiger partial charge in [-0.05, 0) is 51.1 Å². The van der Waals surface area contributed by atoms with Gasteiger partial charge in [0.2, 0.25) is 17.7 Å². The first kappa shape index (κ1) is 52.4. The summed E-state index contributed by atoms with van der Waals surface area (Å²) in [7, 11) is 0. The molecule has 3 heterocycles. The average molecular weight is 1060 g/mol. The molecule has 2 aromatic heterocycles. The Labute approximate surface area is 461 Å². The molecule has 0 bridgehead atoms. The van der Waals surface area contributed by atoms with Crippen molar-refractivity contribution in [2.75, 3.05) is 18.5 Å². The lowest BCUT2D eigenvalue weighted by Gasteiger charge is -2.40. The van der Waals surface area contributed by atoms with Crippen molar-refractivity contribution >= 4 is 34.7 Å². The number of non-ortho nitro benzene ring substituents is 1.